The first-order valence-electron chi connectivity index (χ1n) is 10.3. The minimum absolute atomic E-state index is 0.185. The maximum Gasteiger partial charge on any atom is 0.335 e. The molecule has 0 saturated carbocycles. The smallest absolute Gasteiger partial charge is 0.335 e. The molecule has 1 aliphatic carbocycles. The number of carboxylic acid groups (broad SMARTS) is 1. The van der Waals surface area contributed by atoms with Crippen molar-refractivity contribution >= 4 is 23.4 Å². The molecule has 0 saturated heterocycles. The zero-order chi connectivity index (χ0) is 20.5. The van der Waals surface area contributed by atoms with Gasteiger partial charge in [-0.2, -0.15) is 0 Å². The fraction of sp³-hybridized carbons (Fsp3) is 0.192. The van der Waals surface area contributed by atoms with E-state index >= 15 is 0 Å². The highest BCUT2D eigenvalue weighted by Crippen LogP contribution is 2.50. The van der Waals surface area contributed by atoms with Crippen molar-refractivity contribution in [3.05, 3.63) is 107 Å². The summed E-state index contributed by atoms with van der Waals surface area (Å²) in [6, 6.07) is 24.8. The topological polar surface area (TPSA) is 49.3 Å². The monoisotopic (exact) mass is 413 g/mol. The number of benzene rings is 3. The number of hydrogen-bond donors (Lipinski definition) is 2. The lowest BCUT2D eigenvalue weighted by Gasteiger charge is -2.37. The number of fused-ring (bicyclic) bond motifs is 3. The third-order valence-corrected chi connectivity index (χ3v) is 7.18. The van der Waals surface area contributed by atoms with Crippen LogP contribution in [0.3, 0.4) is 0 Å². The second-order valence-electron chi connectivity index (χ2n) is 7.93. The summed E-state index contributed by atoms with van der Waals surface area (Å²) in [5, 5.41) is 12.9. The Morgan fingerprint density at radius 2 is 1.83 bits per heavy atom. The van der Waals surface area contributed by atoms with Gasteiger partial charge in [0.25, 0.3) is 0 Å². The Morgan fingerprint density at radius 3 is 2.60 bits per heavy atom. The average molecular weight is 414 g/mol. The lowest BCUT2D eigenvalue weighted by molar-refractivity contribution is 0.0697. The van der Waals surface area contributed by atoms with Crippen LogP contribution in [0.5, 0.6) is 0 Å². The molecule has 3 atom stereocenters. The van der Waals surface area contributed by atoms with Crippen LogP contribution in [0.1, 0.15) is 45.4 Å². The summed E-state index contributed by atoms with van der Waals surface area (Å²) in [5.74, 6) is 0.917. The molecule has 5 rings (SSSR count). The van der Waals surface area contributed by atoms with Gasteiger partial charge >= 0.3 is 5.97 Å². The number of carboxylic acids is 1. The molecule has 30 heavy (non-hydrogen) atoms. The van der Waals surface area contributed by atoms with Crippen molar-refractivity contribution in [3.63, 3.8) is 0 Å². The Hall–Kier alpha value is -2.98. The SMILES string of the molecule is O=C(O)c1ccc([C@@H]2Nc3ccc(CSc4ccccc4)cc3[C@@H]3C=CC[C@H]32)cc1. The van der Waals surface area contributed by atoms with E-state index in [2.05, 4.69) is 59.9 Å². The number of anilines is 1. The zero-order valence-corrected chi connectivity index (χ0v) is 17.3. The third-order valence-electron chi connectivity index (χ3n) is 6.09. The fourth-order valence-electron chi connectivity index (χ4n) is 4.58. The molecule has 3 nitrogen and oxygen atoms in total. The van der Waals surface area contributed by atoms with Crippen molar-refractivity contribution < 1.29 is 9.90 Å². The van der Waals surface area contributed by atoms with E-state index in [1.165, 1.54) is 21.7 Å². The summed E-state index contributed by atoms with van der Waals surface area (Å²) in [4.78, 5) is 12.5. The van der Waals surface area contributed by atoms with Gasteiger partial charge in [0, 0.05) is 22.3 Å². The van der Waals surface area contributed by atoms with Gasteiger partial charge in [-0.3, -0.25) is 0 Å². The molecule has 0 spiro atoms. The highest BCUT2D eigenvalue weighted by atomic mass is 32.2. The molecule has 0 fully saturated rings. The molecule has 0 aromatic heterocycles. The standard InChI is InChI=1S/C26H23NO2S/c28-26(29)19-12-10-18(11-13-19)25-22-8-4-7-21(22)23-15-17(9-14-24(23)27-25)16-30-20-5-2-1-3-6-20/h1-7,9-15,21-22,25,27H,8,16H2,(H,28,29)/t21-,22-,25+/m1/s1. The van der Waals surface area contributed by atoms with Crippen LogP contribution in [0.15, 0.2) is 89.8 Å². The van der Waals surface area contributed by atoms with Crippen molar-refractivity contribution in [2.24, 2.45) is 5.92 Å². The Bertz CT molecular complexity index is 1090. The first-order valence-corrected chi connectivity index (χ1v) is 11.2. The molecule has 0 radical (unpaired) electrons. The molecule has 1 heterocycles. The van der Waals surface area contributed by atoms with Gasteiger partial charge in [-0.1, -0.05) is 54.6 Å². The van der Waals surface area contributed by atoms with Crippen molar-refractivity contribution in [1.29, 1.82) is 0 Å². The summed E-state index contributed by atoms with van der Waals surface area (Å²) in [6.07, 6.45) is 5.67. The lowest BCUT2D eigenvalue weighted by atomic mass is 9.76. The van der Waals surface area contributed by atoms with Gasteiger partial charge in [-0.25, -0.2) is 4.79 Å². The predicted molar refractivity (Wildman–Crippen MR) is 122 cm³/mol. The van der Waals surface area contributed by atoms with Crippen LogP contribution in [0.4, 0.5) is 5.69 Å². The van der Waals surface area contributed by atoms with Crippen molar-refractivity contribution in [2.45, 2.75) is 29.0 Å². The van der Waals surface area contributed by atoms with E-state index in [0.29, 0.717) is 17.4 Å². The van der Waals surface area contributed by atoms with Gasteiger partial charge in [0.1, 0.15) is 0 Å². The third kappa shape index (κ3) is 3.63. The molecule has 3 aromatic rings. The van der Waals surface area contributed by atoms with Crippen LogP contribution in [-0.4, -0.2) is 11.1 Å². The molecule has 0 amide bonds. The van der Waals surface area contributed by atoms with Crippen LogP contribution in [-0.2, 0) is 5.75 Å². The number of carbonyl (C=O) groups is 1. The van der Waals surface area contributed by atoms with Gasteiger partial charge < -0.3 is 10.4 Å². The van der Waals surface area contributed by atoms with E-state index in [9.17, 15) is 9.90 Å². The fourth-order valence-corrected chi connectivity index (χ4v) is 5.44. The molecule has 150 valence electrons. The Morgan fingerprint density at radius 1 is 1.03 bits per heavy atom. The highest BCUT2D eigenvalue weighted by Gasteiger charge is 2.37. The quantitative estimate of drug-likeness (QED) is 0.370. The maximum absolute atomic E-state index is 11.2. The minimum Gasteiger partial charge on any atom is -0.478 e. The molecule has 3 aromatic carbocycles. The van der Waals surface area contributed by atoms with E-state index in [1.54, 1.807) is 12.1 Å². The van der Waals surface area contributed by atoms with Crippen LogP contribution >= 0.6 is 11.8 Å². The van der Waals surface area contributed by atoms with Crippen LogP contribution in [0, 0.1) is 5.92 Å². The minimum atomic E-state index is -0.884. The first kappa shape index (κ1) is 19.0. The average Bonchev–Trinajstić information content (AvgIpc) is 3.28. The van der Waals surface area contributed by atoms with Crippen LogP contribution in [0.2, 0.25) is 0 Å². The molecule has 0 unspecified atom stereocenters. The number of hydrogen-bond acceptors (Lipinski definition) is 3. The van der Waals surface area contributed by atoms with Gasteiger partial charge in [0.15, 0.2) is 0 Å². The van der Waals surface area contributed by atoms with Crippen LogP contribution in [0.25, 0.3) is 0 Å². The van der Waals surface area contributed by atoms with Gasteiger partial charge in [0.2, 0.25) is 0 Å². The Labute approximate surface area is 180 Å². The van der Waals surface area contributed by atoms with Crippen LogP contribution < -0.4 is 5.32 Å². The summed E-state index contributed by atoms with van der Waals surface area (Å²) in [5.41, 5.74) is 5.37. The number of rotatable bonds is 5. The maximum atomic E-state index is 11.2. The molecule has 1 aliphatic heterocycles. The van der Waals surface area contributed by atoms with Gasteiger partial charge in [-0.15, -0.1) is 11.8 Å². The number of nitrogens with one attached hydrogen (secondary N) is 1. The summed E-state index contributed by atoms with van der Waals surface area (Å²) in [6.45, 7) is 0. The van der Waals surface area contributed by atoms with Crippen molar-refractivity contribution in [2.75, 3.05) is 5.32 Å². The summed E-state index contributed by atoms with van der Waals surface area (Å²) < 4.78 is 0. The molecular formula is C26H23NO2S. The molecular weight excluding hydrogens is 390 g/mol. The Kier molecular flexibility index (Phi) is 5.09. The highest BCUT2D eigenvalue weighted by molar-refractivity contribution is 7.98. The van der Waals surface area contributed by atoms with E-state index in [-0.39, 0.29) is 6.04 Å². The van der Waals surface area contributed by atoms with E-state index < -0.39 is 5.97 Å². The summed E-state index contributed by atoms with van der Waals surface area (Å²) in [7, 11) is 0. The van der Waals surface area contributed by atoms with Crippen molar-refractivity contribution in [1.82, 2.24) is 0 Å². The second-order valence-corrected chi connectivity index (χ2v) is 8.97. The van der Waals surface area contributed by atoms with Gasteiger partial charge in [-0.05, 0) is 59.4 Å². The largest absolute Gasteiger partial charge is 0.478 e. The molecule has 2 N–H and O–H groups in total. The van der Waals surface area contributed by atoms with E-state index in [1.807, 2.05) is 30.0 Å². The van der Waals surface area contributed by atoms with E-state index in [0.717, 1.165) is 17.7 Å². The first-order chi connectivity index (χ1) is 14.7. The number of aromatic carboxylic acids is 1. The molecule has 0 bridgehead atoms. The predicted octanol–water partition coefficient (Wildman–Crippen LogP) is 6.50. The van der Waals surface area contributed by atoms with Gasteiger partial charge in [0.05, 0.1) is 11.6 Å². The Balaban J connectivity index is 1.40. The normalized spacial score (nSPS) is 21.5. The lowest BCUT2D eigenvalue weighted by Crippen LogP contribution is -2.29. The molecule has 2 aliphatic rings. The second kappa shape index (κ2) is 8.04. The zero-order valence-electron chi connectivity index (χ0n) is 16.5. The number of thioether (sulfide) groups is 1. The molecule has 4 heteroatoms. The summed E-state index contributed by atoms with van der Waals surface area (Å²) >= 11 is 1.86. The number of allylic oxidation sites excluding steroid dienone is 2. The van der Waals surface area contributed by atoms with Crippen molar-refractivity contribution in [3.8, 4) is 0 Å². The van der Waals surface area contributed by atoms with E-state index in [4.69, 9.17) is 0 Å².